The van der Waals surface area contributed by atoms with Crippen LogP contribution in [-0.4, -0.2) is 33.6 Å². The summed E-state index contributed by atoms with van der Waals surface area (Å²) < 4.78 is 0. The average molecular weight is 308 g/mol. The molecule has 0 unspecified atom stereocenters. The van der Waals surface area contributed by atoms with E-state index >= 15 is 0 Å². The van der Waals surface area contributed by atoms with Crippen LogP contribution in [0.3, 0.4) is 0 Å². The zero-order valence-electron chi connectivity index (χ0n) is 14.0. The van der Waals surface area contributed by atoms with Gasteiger partial charge in [0, 0.05) is 0 Å². The van der Waals surface area contributed by atoms with Crippen LogP contribution < -0.4 is 0 Å². The highest BCUT2D eigenvalue weighted by molar-refractivity contribution is 5.10. The molecule has 0 aliphatic heterocycles. The van der Waals surface area contributed by atoms with Crippen LogP contribution in [0.1, 0.15) is 65.2 Å². The minimum Gasteiger partial charge on any atom is -0.393 e. The van der Waals surface area contributed by atoms with Crippen LogP contribution in [0.4, 0.5) is 0 Å². The molecule has 3 nitrogen and oxygen atoms in total. The van der Waals surface area contributed by atoms with E-state index < -0.39 is 0 Å². The number of rotatable bonds is 0. The molecule has 0 aromatic carbocycles. The molecule has 0 aromatic rings. The molecule has 0 aromatic heterocycles. The summed E-state index contributed by atoms with van der Waals surface area (Å²) >= 11 is 0. The maximum atomic E-state index is 10.8. The van der Waals surface area contributed by atoms with Gasteiger partial charge in [-0.3, -0.25) is 0 Å². The van der Waals surface area contributed by atoms with E-state index in [0.29, 0.717) is 17.8 Å². The first-order valence-electron chi connectivity index (χ1n) is 9.38. The van der Waals surface area contributed by atoms with Crippen molar-refractivity contribution >= 4 is 0 Å². The summed E-state index contributed by atoms with van der Waals surface area (Å²) in [6.07, 6.45) is 7.39. The number of hydrogen-bond donors (Lipinski definition) is 3. The monoisotopic (exact) mass is 308 g/mol. The van der Waals surface area contributed by atoms with Crippen molar-refractivity contribution in [3.05, 3.63) is 0 Å². The predicted octanol–water partition coefficient (Wildman–Crippen LogP) is 2.72. The van der Waals surface area contributed by atoms with Gasteiger partial charge in [0.1, 0.15) is 0 Å². The predicted molar refractivity (Wildman–Crippen MR) is 85.1 cm³/mol. The van der Waals surface area contributed by atoms with Gasteiger partial charge in [-0.15, -0.1) is 0 Å². The lowest BCUT2D eigenvalue weighted by Gasteiger charge is -2.61. The fourth-order valence-electron chi connectivity index (χ4n) is 7.30. The topological polar surface area (TPSA) is 60.7 Å². The normalized spacial score (nSPS) is 61.2. The van der Waals surface area contributed by atoms with Crippen LogP contribution in [-0.2, 0) is 0 Å². The first kappa shape index (κ1) is 15.4. The molecule has 0 bridgehead atoms. The van der Waals surface area contributed by atoms with Gasteiger partial charge >= 0.3 is 0 Å². The maximum absolute atomic E-state index is 10.8. The number of aliphatic hydroxyl groups is 3. The maximum Gasteiger partial charge on any atom is 0.0577 e. The summed E-state index contributed by atoms with van der Waals surface area (Å²) in [4.78, 5) is 0. The Morgan fingerprint density at radius 3 is 2.27 bits per heavy atom. The van der Waals surface area contributed by atoms with E-state index in [-0.39, 0.29) is 35.1 Å². The van der Waals surface area contributed by atoms with Gasteiger partial charge in [-0.25, -0.2) is 0 Å². The van der Waals surface area contributed by atoms with Gasteiger partial charge in [-0.2, -0.15) is 0 Å². The Hall–Kier alpha value is -0.120. The molecule has 4 saturated carbocycles. The molecule has 4 aliphatic carbocycles. The third-order valence-corrected chi connectivity index (χ3v) is 8.40. The molecule has 126 valence electrons. The fraction of sp³-hybridized carbons (Fsp3) is 1.00. The van der Waals surface area contributed by atoms with Crippen LogP contribution >= 0.6 is 0 Å². The molecule has 22 heavy (non-hydrogen) atoms. The number of fused-ring (bicyclic) bond motifs is 5. The molecule has 3 heteroatoms. The molecule has 0 saturated heterocycles. The van der Waals surface area contributed by atoms with Crippen LogP contribution in [0.25, 0.3) is 0 Å². The summed E-state index contributed by atoms with van der Waals surface area (Å²) in [6.45, 7) is 4.76. The Labute approximate surface area is 134 Å². The Balaban J connectivity index is 1.66. The van der Waals surface area contributed by atoms with E-state index in [0.717, 1.165) is 38.5 Å². The van der Waals surface area contributed by atoms with E-state index in [4.69, 9.17) is 0 Å². The summed E-state index contributed by atoms with van der Waals surface area (Å²) in [7, 11) is 0. The summed E-state index contributed by atoms with van der Waals surface area (Å²) in [5, 5.41) is 31.1. The van der Waals surface area contributed by atoms with Gasteiger partial charge < -0.3 is 15.3 Å². The van der Waals surface area contributed by atoms with E-state index in [1.165, 1.54) is 12.8 Å². The van der Waals surface area contributed by atoms with Crippen molar-refractivity contribution in [1.29, 1.82) is 0 Å². The van der Waals surface area contributed by atoms with E-state index in [9.17, 15) is 15.3 Å². The standard InChI is InChI=1S/C19H32O3/c1-18-5-4-14-13(15(18)8-12(21)10-18)9-17(22)16-7-11(20)3-6-19(14,16)2/h11-17,20-22H,3-10H2,1-2H3/t11-,12-,13-,14+,15+,16-,17+,18-,19-/m1/s1. The van der Waals surface area contributed by atoms with Crippen molar-refractivity contribution in [2.75, 3.05) is 0 Å². The average Bonchev–Trinajstić information content (AvgIpc) is 2.76. The zero-order valence-corrected chi connectivity index (χ0v) is 14.0. The lowest BCUT2D eigenvalue weighted by molar-refractivity contribution is -0.167. The summed E-state index contributed by atoms with van der Waals surface area (Å²) in [5.74, 6) is 2.10. The Morgan fingerprint density at radius 1 is 0.773 bits per heavy atom. The quantitative estimate of drug-likeness (QED) is 0.645. The number of aliphatic hydroxyl groups excluding tert-OH is 3. The van der Waals surface area contributed by atoms with Gasteiger partial charge in [0.25, 0.3) is 0 Å². The lowest BCUT2D eigenvalue weighted by Crippen LogP contribution is -2.57. The van der Waals surface area contributed by atoms with Crippen molar-refractivity contribution in [2.24, 2.45) is 34.5 Å². The Kier molecular flexibility index (Phi) is 3.46. The van der Waals surface area contributed by atoms with Crippen LogP contribution in [0, 0.1) is 34.5 Å². The fourth-order valence-corrected chi connectivity index (χ4v) is 7.30. The highest BCUT2D eigenvalue weighted by atomic mass is 16.3. The third-order valence-electron chi connectivity index (χ3n) is 8.40. The molecular formula is C19H32O3. The van der Waals surface area contributed by atoms with Crippen LogP contribution in [0.2, 0.25) is 0 Å². The molecule has 4 rings (SSSR count). The molecule has 0 heterocycles. The minimum atomic E-state index is -0.263. The SMILES string of the molecule is C[C@]12CC[C@H]3[C@@H](C[C@H](O)[C@H]4C[C@H](O)CC[C@@]43C)[C@@H]1C[C@@H](O)C2. The second-order valence-corrected chi connectivity index (χ2v) is 9.51. The molecule has 3 N–H and O–H groups in total. The highest BCUT2D eigenvalue weighted by Gasteiger charge is 2.61. The van der Waals surface area contributed by atoms with Gasteiger partial charge in [0.2, 0.25) is 0 Å². The van der Waals surface area contributed by atoms with Crippen molar-refractivity contribution in [1.82, 2.24) is 0 Å². The van der Waals surface area contributed by atoms with E-state index in [1.54, 1.807) is 0 Å². The van der Waals surface area contributed by atoms with Gasteiger partial charge in [-0.1, -0.05) is 13.8 Å². The summed E-state index contributed by atoms with van der Waals surface area (Å²) in [5.41, 5.74) is 0.480. The lowest BCUT2D eigenvalue weighted by atomic mass is 9.44. The Morgan fingerprint density at radius 2 is 1.50 bits per heavy atom. The third kappa shape index (κ3) is 2.04. The van der Waals surface area contributed by atoms with Crippen molar-refractivity contribution < 1.29 is 15.3 Å². The van der Waals surface area contributed by atoms with Gasteiger partial charge in [0.05, 0.1) is 18.3 Å². The molecule has 4 fully saturated rings. The minimum absolute atomic E-state index is 0.135. The molecule has 0 spiro atoms. The smallest absolute Gasteiger partial charge is 0.0577 e. The first-order chi connectivity index (χ1) is 10.3. The van der Waals surface area contributed by atoms with Gasteiger partial charge in [0.15, 0.2) is 0 Å². The largest absolute Gasteiger partial charge is 0.393 e. The first-order valence-corrected chi connectivity index (χ1v) is 9.38. The van der Waals surface area contributed by atoms with E-state index in [1.807, 2.05) is 0 Å². The van der Waals surface area contributed by atoms with E-state index in [2.05, 4.69) is 13.8 Å². The Bertz CT molecular complexity index is 452. The summed E-state index contributed by atoms with van der Waals surface area (Å²) in [6, 6.07) is 0. The van der Waals surface area contributed by atoms with Gasteiger partial charge in [-0.05, 0) is 85.9 Å². The number of hydrogen-bond acceptors (Lipinski definition) is 3. The van der Waals surface area contributed by atoms with Crippen LogP contribution in [0.15, 0.2) is 0 Å². The molecule has 0 amide bonds. The molecule has 9 atom stereocenters. The van der Waals surface area contributed by atoms with Crippen LogP contribution in [0.5, 0.6) is 0 Å². The zero-order chi connectivity index (χ0) is 15.7. The molecule has 0 radical (unpaired) electrons. The van der Waals surface area contributed by atoms with Crippen molar-refractivity contribution in [3.8, 4) is 0 Å². The van der Waals surface area contributed by atoms with Crippen molar-refractivity contribution in [3.63, 3.8) is 0 Å². The molecular weight excluding hydrogens is 276 g/mol. The second kappa shape index (κ2) is 4.94. The second-order valence-electron chi connectivity index (χ2n) is 9.51. The molecule has 4 aliphatic rings. The van der Waals surface area contributed by atoms with Crippen molar-refractivity contribution in [2.45, 2.75) is 83.5 Å². The highest BCUT2D eigenvalue weighted by Crippen LogP contribution is 2.66.